The summed E-state index contributed by atoms with van der Waals surface area (Å²) in [5.74, 6) is 0. The normalized spacial score (nSPS) is 25.0. The van der Waals surface area contributed by atoms with Crippen molar-refractivity contribution in [1.82, 2.24) is 9.80 Å². The third kappa shape index (κ3) is 3.47. The van der Waals surface area contributed by atoms with Gasteiger partial charge in [-0.05, 0) is 25.3 Å². The zero-order valence-electron chi connectivity index (χ0n) is 13.1. The maximum atomic E-state index is 10.6. The lowest BCUT2D eigenvalue weighted by molar-refractivity contribution is 0.0164. The zero-order chi connectivity index (χ0) is 14.7. The Kier molecular flexibility index (Phi) is 4.94. The van der Waals surface area contributed by atoms with E-state index in [1.54, 1.807) is 0 Å². The van der Waals surface area contributed by atoms with Crippen molar-refractivity contribution in [2.75, 3.05) is 26.2 Å². The Balaban J connectivity index is 1.53. The molecule has 1 saturated heterocycles. The van der Waals surface area contributed by atoms with Crippen LogP contribution in [0, 0.1) is 0 Å². The molecule has 2 fully saturated rings. The zero-order valence-corrected chi connectivity index (χ0v) is 13.1. The Morgan fingerprint density at radius 1 is 1.00 bits per heavy atom. The third-order valence-corrected chi connectivity index (χ3v) is 5.36. The van der Waals surface area contributed by atoms with Gasteiger partial charge >= 0.3 is 0 Å². The van der Waals surface area contributed by atoms with Gasteiger partial charge in [0.2, 0.25) is 0 Å². The average Bonchev–Trinajstić information content (AvgIpc) is 3.09. The smallest absolute Gasteiger partial charge is 0.0942 e. The van der Waals surface area contributed by atoms with E-state index in [-0.39, 0.29) is 12.1 Å². The van der Waals surface area contributed by atoms with Crippen LogP contribution in [0.1, 0.15) is 44.3 Å². The highest BCUT2D eigenvalue weighted by Gasteiger charge is 2.30. The third-order valence-electron chi connectivity index (χ3n) is 5.36. The van der Waals surface area contributed by atoms with Crippen molar-refractivity contribution in [3.8, 4) is 0 Å². The lowest BCUT2D eigenvalue weighted by Gasteiger charge is -2.41. The van der Waals surface area contributed by atoms with Crippen LogP contribution in [0.15, 0.2) is 30.3 Å². The van der Waals surface area contributed by atoms with E-state index in [9.17, 15) is 5.11 Å². The molecule has 21 heavy (non-hydrogen) atoms. The van der Waals surface area contributed by atoms with Crippen LogP contribution in [0.4, 0.5) is 0 Å². The van der Waals surface area contributed by atoms with Gasteiger partial charge in [-0.15, -0.1) is 0 Å². The fourth-order valence-electron chi connectivity index (χ4n) is 3.91. The van der Waals surface area contributed by atoms with E-state index in [0.717, 1.165) is 37.8 Å². The Morgan fingerprint density at radius 2 is 1.62 bits per heavy atom. The van der Waals surface area contributed by atoms with Gasteiger partial charge in [-0.25, -0.2) is 0 Å². The van der Waals surface area contributed by atoms with Gasteiger partial charge in [0, 0.05) is 38.3 Å². The van der Waals surface area contributed by atoms with E-state index in [1.807, 2.05) is 30.3 Å². The number of hydrogen-bond donors (Lipinski definition) is 1. The molecule has 1 aliphatic carbocycles. The van der Waals surface area contributed by atoms with E-state index in [2.05, 4.69) is 16.7 Å². The van der Waals surface area contributed by atoms with Gasteiger partial charge in [0.05, 0.1) is 6.10 Å². The van der Waals surface area contributed by atoms with Crippen molar-refractivity contribution in [2.45, 2.75) is 50.8 Å². The van der Waals surface area contributed by atoms with Gasteiger partial charge in [0.15, 0.2) is 0 Å². The first-order valence-corrected chi connectivity index (χ1v) is 8.47. The highest BCUT2D eigenvalue weighted by molar-refractivity contribution is 5.18. The van der Waals surface area contributed by atoms with Gasteiger partial charge in [-0.3, -0.25) is 9.80 Å². The topological polar surface area (TPSA) is 26.7 Å². The van der Waals surface area contributed by atoms with E-state index in [1.165, 1.54) is 25.7 Å². The molecule has 3 nitrogen and oxygen atoms in total. The summed E-state index contributed by atoms with van der Waals surface area (Å²) in [6.45, 7) is 6.65. The summed E-state index contributed by atoms with van der Waals surface area (Å²) in [4.78, 5) is 5.12. The monoisotopic (exact) mass is 288 g/mol. The van der Waals surface area contributed by atoms with Gasteiger partial charge in [-0.1, -0.05) is 43.2 Å². The number of nitrogens with zero attached hydrogens (tertiary/aromatic N) is 2. The number of aliphatic hydroxyl groups excluding tert-OH is 1. The first-order chi connectivity index (χ1) is 10.3. The fourth-order valence-corrected chi connectivity index (χ4v) is 3.91. The SMILES string of the molecule is CC(C(O)c1ccccc1)N1CCN(C2CCCC2)CC1. The second-order valence-electron chi connectivity index (χ2n) is 6.61. The van der Waals surface area contributed by atoms with Crippen molar-refractivity contribution in [2.24, 2.45) is 0 Å². The van der Waals surface area contributed by atoms with Crippen LogP contribution in [0.5, 0.6) is 0 Å². The molecule has 1 N–H and O–H groups in total. The Labute approximate surface area is 128 Å². The van der Waals surface area contributed by atoms with Crippen molar-refractivity contribution >= 4 is 0 Å². The number of piperazine rings is 1. The van der Waals surface area contributed by atoms with Crippen molar-refractivity contribution < 1.29 is 5.11 Å². The predicted molar refractivity (Wildman–Crippen MR) is 86.3 cm³/mol. The van der Waals surface area contributed by atoms with Crippen LogP contribution in [0.3, 0.4) is 0 Å². The second kappa shape index (κ2) is 6.91. The lowest BCUT2D eigenvalue weighted by Crippen LogP contribution is -2.53. The quantitative estimate of drug-likeness (QED) is 0.923. The van der Waals surface area contributed by atoms with Gasteiger partial charge in [-0.2, -0.15) is 0 Å². The van der Waals surface area contributed by atoms with E-state index >= 15 is 0 Å². The number of benzene rings is 1. The molecule has 0 radical (unpaired) electrons. The number of hydrogen-bond acceptors (Lipinski definition) is 3. The first kappa shape index (κ1) is 15.0. The molecule has 3 heteroatoms. The highest BCUT2D eigenvalue weighted by Crippen LogP contribution is 2.26. The summed E-state index contributed by atoms with van der Waals surface area (Å²) in [5, 5.41) is 10.6. The molecule has 0 bridgehead atoms. The van der Waals surface area contributed by atoms with Gasteiger partial charge < -0.3 is 5.11 Å². The molecule has 1 aliphatic heterocycles. The van der Waals surface area contributed by atoms with Crippen LogP contribution < -0.4 is 0 Å². The number of aliphatic hydroxyl groups is 1. The Hall–Kier alpha value is -0.900. The molecule has 1 aromatic rings. The van der Waals surface area contributed by atoms with Gasteiger partial charge in [0.25, 0.3) is 0 Å². The summed E-state index contributed by atoms with van der Waals surface area (Å²) in [6, 6.07) is 11.1. The second-order valence-corrected chi connectivity index (χ2v) is 6.61. The van der Waals surface area contributed by atoms with Crippen molar-refractivity contribution in [3.63, 3.8) is 0 Å². The standard InChI is InChI=1S/C18H28N2O/c1-15(18(21)16-7-3-2-4-8-16)19-11-13-20(14-12-19)17-9-5-6-10-17/h2-4,7-8,15,17-18,21H,5-6,9-14H2,1H3. The Morgan fingerprint density at radius 3 is 2.24 bits per heavy atom. The summed E-state index contributed by atoms with van der Waals surface area (Å²) >= 11 is 0. The molecule has 116 valence electrons. The molecule has 2 atom stereocenters. The van der Waals surface area contributed by atoms with Crippen LogP contribution >= 0.6 is 0 Å². The number of rotatable bonds is 4. The molecule has 2 unspecified atom stereocenters. The molecule has 1 aromatic carbocycles. The lowest BCUT2D eigenvalue weighted by atomic mass is 10.0. The van der Waals surface area contributed by atoms with Crippen LogP contribution in [0.25, 0.3) is 0 Å². The summed E-state index contributed by atoms with van der Waals surface area (Å²) < 4.78 is 0. The summed E-state index contributed by atoms with van der Waals surface area (Å²) in [5.41, 5.74) is 1.03. The molecule has 0 aromatic heterocycles. The highest BCUT2D eigenvalue weighted by atomic mass is 16.3. The minimum absolute atomic E-state index is 0.193. The van der Waals surface area contributed by atoms with Crippen LogP contribution in [0.2, 0.25) is 0 Å². The maximum Gasteiger partial charge on any atom is 0.0942 e. The van der Waals surface area contributed by atoms with Crippen LogP contribution in [-0.2, 0) is 0 Å². The largest absolute Gasteiger partial charge is 0.387 e. The van der Waals surface area contributed by atoms with E-state index in [0.29, 0.717) is 0 Å². The minimum Gasteiger partial charge on any atom is -0.387 e. The van der Waals surface area contributed by atoms with Gasteiger partial charge in [0.1, 0.15) is 0 Å². The van der Waals surface area contributed by atoms with Crippen molar-refractivity contribution in [1.29, 1.82) is 0 Å². The maximum absolute atomic E-state index is 10.6. The molecule has 0 spiro atoms. The Bertz CT molecular complexity index is 422. The molecule has 3 rings (SSSR count). The molecule has 2 aliphatic rings. The summed E-state index contributed by atoms with van der Waals surface area (Å²) in [7, 11) is 0. The van der Waals surface area contributed by atoms with Crippen molar-refractivity contribution in [3.05, 3.63) is 35.9 Å². The van der Waals surface area contributed by atoms with E-state index in [4.69, 9.17) is 0 Å². The van der Waals surface area contributed by atoms with E-state index < -0.39 is 0 Å². The molecular weight excluding hydrogens is 260 g/mol. The molecule has 0 amide bonds. The first-order valence-electron chi connectivity index (χ1n) is 8.47. The molecular formula is C18H28N2O. The minimum atomic E-state index is -0.385. The summed E-state index contributed by atoms with van der Waals surface area (Å²) in [6.07, 6.45) is 5.22. The van der Waals surface area contributed by atoms with Crippen LogP contribution in [-0.4, -0.2) is 53.2 Å². The molecule has 1 heterocycles. The fraction of sp³-hybridized carbons (Fsp3) is 0.667. The predicted octanol–water partition coefficient (Wildman–Crippen LogP) is 2.67. The average molecular weight is 288 g/mol. The molecule has 1 saturated carbocycles.